The maximum Gasteiger partial charge on any atom is 0.259 e. The van der Waals surface area contributed by atoms with Crippen molar-refractivity contribution in [1.29, 1.82) is 0 Å². The van der Waals surface area contributed by atoms with Gasteiger partial charge < -0.3 is 10.2 Å². The van der Waals surface area contributed by atoms with Crippen molar-refractivity contribution in [2.45, 2.75) is 45.3 Å². The number of benzene rings is 4. The highest BCUT2D eigenvalue weighted by atomic mass is 35.5. The third kappa shape index (κ3) is 5.87. The number of hydrogen-bond acceptors (Lipinski definition) is 3. The number of carbonyl (C=O) groups is 3. The van der Waals surface area contributed by atoms with Gasteiger partial charge in [-0.25, -0.2) is 0 Å². The van der Waals surface area contributed by atoms with Gasteiger partial charge in [-0.2, -0.15) is 0 Å². The van der Waals surface area contributed by atoms with Gasteiger partial charge in [-0.15, -0.1) is 0 Å². The third-order valence-electron chi connectivity index (χ3n) is 6.98. The summed E-state index contributed by atoms with van der Waals surface area (Å²) in [6.07, 6.45) is 0.325. The largest absolute Gasteiger partial charge is 0.350 e. The summed E-state index contributed by atoms with van der Waals surface area (Å²) in [6.45, 7) is 5.74. The van der Waals surface area contributed by atoms with E-state index >= 15 is 0 Å². The molecule has 7 heteroatoms. The molecule has 0 aromatic heterocycles. The van der Waals surface area contributed by atoms with Gasteiger partial charge in [0.05, 0.1) is 5.69 Å². The molecule has 0 radical (unpaired) electrons. The van der Waals surface area contributed by atoms with E-state index in [1.54, 1.807) is 23.1 Å². The molecule has 5 rings (SSSR count). The number of anilines is 1. The maximum atomic E-state index is 14.2. The zero-order valence-electron chi connectivity index (χ0n) is 22.9. The van der Waals surface area contributed by atoms with E-state index in [4.69, 9.17) is 11.6 Å². The first-order valence-electron chi connectivity index (χ1n) is 13.3. The highest BCUT2D eigenvalue weighted by Crippen LogP contribution is 2.37. The average molecular weight is 554 g/mol. The molecule has 1 unspecified atom stereocenters. The van der Waals surface area contributed by atoms with E-state index in [0.717, 1.165) is 21.9 Å². The summed E-state index contributed by atoms with van der Waals surface area (Å²) in [5.74, 6) is -0.791. The second-order valence-electron chi connectivity index (χ2n) is 11.2. The van der Waals surface area contributed by atoms with Crippen LogP contribution in [0.1, 0.15) is 42.3 Å². The van der Waals surface area contributed by atoms with Crippen LogP contribution in [-0.4, -0.2) is 40.7 Å². The molecule has 1 aliphatic rings. The van der Waals surface area contributed by atoms with Gasteiger partial charge in [-0.3, -0.25) is 19.3 Å². The second-order valence-corrected chi connectivity index (χ2v) is 11.6. The molecule has 1 atom stereocenters. The SMILES string of the molecule is CC(C)(C)NC(=O)C(Cc1ccccc1)N(Cc1ccc(Cl)cc1)C(=O)CN1C(=O)c2cccc3cccc1c23. The quantitative estimate of drug-likeness (QED) is 0.290. The molecule has 0 aliphatic carbocycles. The number of carbonyl (C=O) groups excluding carboxylic acids is 3. The molecule has 0 saturated heterocycles. The topological polar surface area (TPSA) is 69.7 Å². The van der Waals surface area contributed by atoms with Crippen molar-refractivity contribution in [2.75, 3.05) is 11.4 Å². The molecule has 1 heterocycles. The van der Waals surface area contributed by atoms with Crippen molar-refractivity contribution < 1.29 is 14.4 Å². The summed E-state index contributed by atoms with van der Waals surface area (Å²) in [5, 5.41) is 5.45. The molecule has 1 aliphatic heterocycles. The molecular weight excluding hydrogens is 522 g/mol. The summed E-state index contributed by atoms with van der Waals surface area (Å²) < 4.78 is 0. The normalized spacial score (nSPS) is 13.4. The van der Waals surface area contributed by atoms with Crippen LogP contribution in [0.25, 0.3) is 10.8 Å². The summed E-state index contributed by atoms with van der Waals surface area (Å²) >= 11 is 6.13. The van der Waals surface area contributed by atoms with Crippen LogP contribution in [0.15, 0.2) is 91.0 Å². The Kier molecular flexibility index (Phi) is 7.63. The highest BCUT2D eigenvalue weighted by molar-refractivity contribution is 6.30. The molecule has 0 saturated carbocycles. The number of nitrogens with zero attached hydrogens (tertiary/aromatic N) is 2. The van der Waals surface area contributed by atoms with E-state index in [2.05, 4.69) is 5.32 Å². The predicted molar refractivity (Wildman–Crippen MR) is 159 cm³/mol. The summed E-state index contributed by atoms with van der Waals surface area (Å²) in [6, 6.07) is 27.4. The predicted octanol–water partition coefficient (Wildman–Crippen LogP) is 6.01. The Balaban J connectivity index is 1.52. The lowest BCUT2D eigenvalue weighted by molar-refractivity contribution is -0.140. The Morgan fingerprint density at radius 3 is 2.23 bits per heavy atom. The van der Waals surface area contributed by atoms with Crippen LogP contribution in [0.5, 0.6) is 0 Å². The minimum Gasteiger partial charge on any atom is -0.350 e. The second kappa shape index (κ2) is 11.1. The molecule has 4 aromatic rings. The standard InChI is InChI=1S/C33H32ClN3O3/c1-33(2,3)35-31(39)28(19-22-9-5-4-6-10-22)36(20-23-15-17-25(34)18-16-23)29(38)21-37-27-14-8-12-24-11-7-13-26(30(24)27)32(37)40/h4-18,28H,19-21H2,1-3H3,(H,35,39). The average Bonchev–Trinajstić information content (AvgIpc) is 3.19. The summed E-state index contributed by atoms with van der Waals surface area (Å²) in [7, 11) is 0. The van der Waals surface area contributed by atoms with Gasteiger partial charge in [-0.1, -0.05) is 78.3 Å². The maximum absolute atomic E-state index is 14.2. The van der Waals surface area contributed by atoms with E-state index in [-0.39, 0.29) is 30.8 Å². The van der Waals surface area contributed by atoms with Crippen LogP contribution in [-0.2, 0) is 22.6 Å². The fourth-order valence-electron chi connectivity index (χ4n) is 5.16. The van der Waals surface area contributed by atoms with Crippen molar-refractivity contribution in [3.63, 3.8) is 0 Å². The van der Waals surface area contributed by atoms with Crippen LogP contribution in [0.4, 0.5) is 5.69 Å². The van der Waals surface area contributed by atoms with Gasteiger partial charge in [0.25, 0.3) is 5.91 Å². The lowest BCUT2D eigenvalue weighted by Gasteiger charge is -2.34. The Morgan fingerprint density at radius 1 is 0.875 bits per heavy atom. The zero-order chi connectivity index (χ0) is 28.4. The first-order chi connectivity index (χ1) is 19.1. The van der Waals surface area contributed by atoms with Crippen molar-refractivity contribution in [3.05, 3.63) is 113 Å². The molecule has 204 valence electrons. The third-order valence-corrected chi connectivity index (χ3v) is 7.23. The van der Waals surface area contributed by atoms with Crippen molar-refractivity contribution in [1.82, 2.24) is 10.2 Å². The Bertz CT molecular complexity index is 1560. The van der Waals surface area contributed by atoms with Gasteiger partial charge in [0.15, 0.2) is 0 Å². The molecule has 40 heavy (non-hydrogen) atoms. The molecule has 6 nitrogen and oxygen atoms in total. The van der Waals surface area contributed by atoms with Crippen molar-refractivity contribution in [2.24, 2.45) is 0 Å². The van der Waals surface area contributed by atoms with Crippen LogP contribution in [0.3, 0.4) is 0 Å². The Hall–Kier alpha value is -4.16. The van der Waals surface area contributed by atoms with Crippen LogP contribution in [0.2, 0.25) is 5.02 Å². The van der Waals surface area contributed by atoms with Crippen molar-refractivity contribution in [3.8, 4) is 0 Å². The van der Waals surface area contributed by atoms with Crippen LogP contribution < -0.4 is 10.2 Å². The van der Waals surface area contributed by atoms with Gasteiger partial charge in [-0.05, 0) is 61.5 Å². The summed E-state index contributed by atoms with van der Waals surface area (Å²) in [5.41, 5.74) is 2.55. The lowest BCUT2D eigenvalue weighted by atomic mass is 10.0. The number of hydrogen-bond donors (Lipinski definition) is 1. The van der Waals surface area contributed by atoms with Gasteiger partial charge in [0.2, 0.25) is 11.8 Å². The minimum absolute atomic E-state index is 0.185. The van der Waals surface area contributed by atoms with Crippen LogP contribution >= 0.6 is 11.6 Å². The number of nitrogens with one attached hydrogen (secondary N) is 1. The summed E-state index contributed by atoms with van der Waals surface area (Å²) in [4.78, 5) is 44.6. The molecule has 3 amide bonds. The van der Waals surface area contributed by atoms with E-state index < -0.39 is 11.6 Å². The first-order valence-corrected chi connectivity index (χ1v) is 13.7. The molecule has 0 fully saturated rings. The minimum atomic E-state index is -0.805. The van der Waals surface area contributed by atoms with E-state index in [9.17, 15) is 14.4 Å². The lowest BCUT2D eigenvalue weighted by Crippen LogP contribution is -2.56. The van der Waals surface area contributed by atoms with Gasteiger partial charge >= 0.3 is 0 Å². The highest BCUT2D eigenvalue weighted by Gasteiger charge is 2.36. The fourth-order valence-corrected chi connectivity index (χ4v) is 5.28. The van der Waals surface area contributed by atoms with E-state index in [1.807, 2.05) is 93.6 Å². The fraction of sp³-hybridized carbons (Fsp3) is 0.242. The molecule has 0 spiro atoms. The van der Waals surface area contributed by atoms with Crippen LogP contribution in [0, 0.1) is 0 Å². The zero-order valence-corrected chi connectivity index (χ0v) is 23.6. The van der Waals surface area contributed by atoms with Gasteiger partial charge in [0, 0.05) is 34.5 Å². The number of rotatable bonds is 8. The molecule has 1 N–H and O–H groups in total. The Labute approximate surface area is 239 Å². The molecule has 0 bridgehead atoms. The van der Waals surface area contributed by atoms with E-state index in [0.29, 0.717) is 22.7 Å². The van der Waals surface area contributed by atoms with E-state index in [1.165, 1.54) is 4.90 Å². The number of halogens is 1. The Morgan fingerprint density at radius 2 is 1.55 bits per heavy atom. The first kappa shape index (κ1) is 27.4. The smallest absolute Gasteiger partial charge is 0.259 e. The van der Waals surface area contributed by atoms with Crippen molar-refractivity contribution >= 4 is 45.8 Å². The monoisotopic (exact) mass is 553 g/mol. The van der Waals surface area contributed by atoms with Gasteiger partial charge in [0.1, 0.15) is 12.6 Å². The molecule has 4 aromatic carbocycles. The number of amides is 3. The molecular formula is C33H32ClN3O3.